The minimum Gasteiger partial charge on any atom is -0.267 e. The van der Waals surface area contributed by atoms with E-state index in [1.54, 1.807) is 27.7 Å². The monoisotopic (exact) mass is 386 g/mol. The maximum Gasteiger partial charge on any atom is 0.416 e. The van der Waals surface area contributed by atoms with Gasteiger partial charge in [0.15, 0.2) is 0 Å². The third kappa shape index (κ3) is 4.37. The molecule has 1 N–H and O–H groups in total. The lowest BCUT2D eigenvalue weighted by Crippen LogP contribution is -2.55. The van der Waals surface area contributed by atoms with Gasteiger partial charge in [-0.15, -0.1) is 5.10 Å². The number of hydrazine groups is 1. The number of aromatic nitrogens is 2. The summed E-state index contributed by atoms with van der Waals surface area (Å²) in [5.74, 6) is -1.36. The molecule has 0 unspecified atom stereocenters. The number of benzene rings is 1. The lowest BCUT2D eigenvalue weighted by molar-refractivity contribution is -0.137. The standard InChI is InChI=1S/C16H17F3N4O2S/c1-9-12(26-22-20-9)14(25)23(15(2,3)4)21-13(24)10-6-5-7-11(8-10)16(17,18)19/h5-8H,1-4H3,(H,21,24). The molecule has 0 saturated heterocycles. The van der Waals surface area contributed by atoms with Gasteiger partial charge in [0.05, 0.1) is 16.8 Å². The van der Waals surface area contributed by atoms with E-state index in [0.29, 0.717) is 5.69 Å². The van der Waals surface area contributed by atoms with Gasteiger partial charge in [-0.2, -0.15) is 13.2 Å². The Morgan fingerprint density at radius 1 is 1.19 bits per heavy atom. The molecule has 2 amide bonds. The van der Waals surface area contributed by atoms with Crippen molar-refractivity contribution in [1.82, 2.24) is 20.0 Å². The second-order valence-corrected chi connectivity index (χ2v) is 7.27. The van der Waals surface area contributed by atoms with Crippen LogP contribution in [0.2, 0.25) is 0 Å². The number of nitrogens with zero attached hydrogens (tertiary/aromatic N) is 3. The van der Waals surface area contributed by atoms with Crippen molar-refractivity contribution in [2.24, 2.45) is 0 Å². The van der Waals surface area contributed by atoms with Gasteiger partial charge in [-0.25, -0.2) is 5.01 Å². The molecule has 0 aliphatic heterocycles. The summed E-state index contributed by atoms with van der Waals surface area (Å²) < 4.78 is 42.2. The summed E-state index contributed by atoms with van der Waals surface area (Å²) in [6.45, 7) is 6.65. The predicted octanol–water partition coefficient (Wildman–Crippen LogP) is 3.45. The van der Waals surface area contributed by atoms with Crippen LogP contribution in [0.3, 0.4) is 0 Å². The van der Waals surface area contributed by atoms with E-state index in [2.05, 4.69) is 15.0 Å². The molecule has 0 saturated carbocycles. The quantitative estimate of drug-likeness (QED) is 0.803. The fourth-order valence-corrected chi connectivity index (χ4v) is 2.64. The van der Waals surface area contributed by atoms with E-state index in [-0.39, 0.29) is 10.4 Å². The molecule has 140 valence electrons. The maximum absolute atomic E-state index is 12.8. The third-order valence-corrected chi connectivity index (χ3v) is 4.20. The zero-order valence-electron chi connectivity index (χ0n) is 14.5. The van der Waals surface area contributed by atoms with Crippen molar-refractivity contribution in [3.63, 3.8) is 0 Å². The molecule has 0 aliphatic rings. The molecular formula is C16H17F3N4O2S. The molecule has 0 radical (unpaired) electrons. The van der Waals surface area contributed by atoms with Gasteiger partial charge in [0, 0.05) is 5.56 Å². The lowest BCUT2D eigenvalue weighted by atomic mass is 10.1. The Hall–Kier alpha value is -2.49. The number of amides is 2. The van der Waals surface area contributed by atoms with Crippen LogP contribution in [-0.4, -0.2) is 31.9 Å². The Labute approximate surface area is 152 Å². The van der Waals surface area contributed by atoms with Crippen molar-refractivity contribution < 1.29 is 22.8 Å². The Kier molecular flexibility index (Phi) is 5.36. The number of alkyl halides is 3. The van der Waals surface area contributed by atoms with Gasteiger partial charge in [0.2, 0.25) is 0 Å². The molecule has 2 rings (SSSR count). The summed E-state index contributed by atoms with van der Waals surface area (Å²) in [5, 5.41) is 4.83. The summed E-state index contributed by atoms with van der Waals surface area (Å²) >= 11 is 0.878. The highest BCUT2D eigenvalue weighted by Gasteiger charge is 2.33. The highest BCUT2D eigenvalue weighted by molar-refractivity contribution is 7.07. The largest absolute Gasteiger partial charge is 0.416 e. The van der Waals surface area contributed by atoms with E-state index >= 15 is 0 Å². The van der Waals surface area contributed by atoms with Crippen molar-refractivity contribution in [1.29, 1.82) is 0 Å². The minimum absolute atomic E-state index is 0.207. The topological polar surface area (TPSA) is 75.2 Å². The first-order valence-electron chi connectivity index (χ1n) is 7.53. The number of hydrogen-bond donors (Lipinski definition) is 1. The van der Waals surface area contributed by atoms with E-state index in [1.165, 1.54) is 6.07 Å². The molecule has 2 aromatic rings. The number of carbonyl (C=O) groups is 2. The van der Waals surface area contributed by atoms with Crippen molar-refractivity contribution in [2.75, 3.05) is 0 Å². The molecule has 0 bridgehead atoms. The lowest BCUT2D eigenvalue weighted by Gasteiger charge is -2.35. The number of rotatable bonds is 2. The van der Waals surface area contributed by atoms with Gasteiger partial charge < -0.3 is 0 Å². The van der Waals surface area contributed by atoms with E-state index < -0.39 is 29.1 Å². The first-order valence-corrected chi connectivity index (χ1v) is 8.30. The highest BCUT2D eigenvalue weighted by Crippen LogP contribution is 2.29. The molecule has 1 heterocycles. The molecule has 26 heavy (non-hydrogen) atoms. The Morgan fingerprint density at radius 2 is 1.85 bits per heavy atom. The zero-order valence-corrected chi connectivity index (χ0v) is 15.3. The third-order valence-electron chi connectivity index (χ3n) is 3.39. The van der Waals surface area contributed by atoms with Gasteiger partial charge in [-0.3, -0.25) is 15.0 Å². The van der Waals surface area contributed by atoms with Crippen LogP contribution in [0.1, 0.15) is 52.1 Å². The molecular weight excluding hydrogens is 369 g/mol. The van der Waals surface area contributed by atoms with Crippen LogP contribution >= 0.6 is 11.5 Å². The van der Waals surface area contributed by atoms with Crippen molar-refractivity contribution in [3.05, 3.63) is 46.0 Å². The van der Waals surface area contributed by atoms with Gasteiger partial charge in [0.25, 0.3) is 11.8 Å². The Balaban J connectivity index is 2.31. The van der Waals surface area contributed by atoms with E-state index in [1.807, 2.05) is 0 Å². The highest BCUT2D eigenvalue weighted by atomic mass is 32.1. The molecule has 1 aromatic carbocycles. The molecule has 0 spiro atoms. The van der Waals surface area contributed by atoms with Gasteiger partial charge in [-0.1, -0.05) is 10.6 Å². The first kappa shape index (κ1) is 19.8. The van der Waals surface area contributed by atoms with Crippen LogP contribution in [0.4, 0.5) is 13.2 Å². The number of aryl methyl sites for hydroxylation is 1. The van der Waals surface area contributed by atoms with Crippen molar-refractivity contribution >= 4 is 23.3 Å². The van der Waals surface area contributed by atoms with Crippen molar-refractivity contribution in [3.8, 4) is 0 Å². The summed E-state index contributed by atoms with van der Waals surface area (Å²) in [5.41, 5.74) is 0.822. The number of carbonyl (C=O) groups excluding carboxylic acids is 2. The van der Waals surface area contributed by atoms with Crippen LogP contribution < -0.4 is 5.43 Å². The smallest absolute Gasteiger partial charge is 0.267 e. The molecule has 10 heteroatoms. The molecule has 0 fully saturated rings. The molecule has 0 atom stereocenters. The van der Waals surface area contributed by atoms with E-state index in [0.717, 1.165) is 34.7 Å². The van der Waals surface area contributed by atoms with Crippen LogP contribution in [0.15, 0.2) is 24.3 Å². The van der Waals surface area contributed by atoms with Crippen LogP contribution in [0.25, 0.3) is 0 Å². The van der Waals surface area contributed by atoms with Crippen LogP contribution in [0, 0.1) is 6.92 Å². The van der Waals surface area contributed by atoms with Crippen LogP contribution in [-0.2, 0) is 6.18 Å². The minimum atomic E-state index is -4.57. The van der Waals surface area contributed by atoms with Crippen LogP contribution in [0.5, 0.6) is 0 Å². The second-order valence-electron chi connectivity index (χ2n) is 6.52. The first-order chi connectivity index (χ1) is 11.9. The number of nitrogens with one attached hydrogen (secondary N) is 1. The van der Waals surface area contributed by atoms with Gasteiger partial charge in [-0.05, 0) is 57.4 Å². The summed E-state index contributed by atoms with van der Waals surface area (Å²) in [6, 6.07) is 3.99. The molecule has 1 aromatic heterocycles. The maximum atomic E-state index is 12.8. The SMILES string of the molecule is Cc1nnsc1C(=O)N(NC(=O)c1cccc(C(F)(F)F)c1)C(C)(C)C. The molecule has 6 nitrogen and oxygen atoms in total. The normalized spacial score (nSPS) is 12.0. The summed E-state index contributed by atoms with van der Waals surface area (Å²) in [7, 11) is 0. The summed E-state index contributed by atoms with van der Waals surface area (Å²) in [6.07, 6.45) is -4.57. The fraction of sp³-hybridized carbons (Fsp3) is 0.375. The second kappa shape index (κ2) is 7.02. The molecule has 0 aliphatic carbocycles. The number of hydrogen-bond acceptors (Lipinski definition) is 5. The summed E-state index contributed by atoms with van der Waals surface area (Å²) in [4.78, 5) is 25.4. The van der Waals surface area contributed by atoms with E-state index in [4.69, 9.17) is 0 Å². The zero-order chi connectivity index (χ0) is 19.7. The van der Waals surface area contributed by atoms with E-state index in [9.17, 15) is 22.8 Å². The predicted molar refractivity (Wildman–Crippen MR) is 89.5 cm³/mol. The van der Waals surface area contributed by atoms with Crippen molar-refractivity contribution in [2.45, 2.75) is 39.4 Å². The fourth-order valence-electron chi connectivity index (χ4n) is 2.06. The Morgan fingerprint density at radius 3 is 2.35 bits per heavy atom. The average Bonchev–Trinajstić information content (AvgIpc) is 2.96. The van der Waals surface area contributed by atoms with Gasteiger partial charge >= 0.3 is 6.18 Å². The van der Waals surface area contributed by atoms with Gasteiger partial charge in [0.1, 0.15) is 4.88 Å². The Bertz CT molecular complexity index is 827. The number of halogens is 3. The average molecular weight is 386 g/mol.